The Morgan fingerprint density at radius 2 is 1.08 bits per heavy atom. The van der Waals surface area contributed by atoms with Gasteiger partial charge in [0.1, 0.15) is 5.82 Å². The average Bonchev–Trinajstić information content (AvgIpc) is 2.83. The third-order valence-corrected chi connectivity index (χ3v) is 5.59. The molecule has 0 heterocycles. The molecule has 1 aliphatic rings. The fourth-order valence-electron chi connectivity index (χ4n) is 3.95. The van der Waals surface area contributed by atoms with Crippen LogP contribution < -0.4 is 14.2 Å². The van der Waals surface area contributed by atoms with Crippen molar-refractivity contribution in [2.45, 2.75) is 25.7 Å². The fourth-order valence-corrected chi connectivity index (χ4v) is 3.95. The maximum absolute atomic E-state index is 15.3. The molecule has 0 bridgehead atoms. The first kappa shape index (κ1) is 26.2. The van der Waals surface area contributed by atoms with Gasteiger partial charge in [-0.25, -0.2) is 13.6 Å². The number of rotatable bonds is 6. The first-order chi connectivity index (χ1) is 17.4. The number of hydrogen-bond acceptors (Lipinski definition) is 4. The second-order valence-electron chi connectivity index (χ2n) is 7.74. The van der Waals surface area contributed by atoms with E-state index in [1.165, 1.54) is 13.8 Å². The van der Waals surface area contributed by atoms with Crippen molar-refractivity contribution in [2.75, 3.05) is 13.2 Å². The molecule has 12 heteroatoms. The topological polar surface area (TPSA) is 44.8 Å². The van der Waals surface area contributed by atoms with Gasteiger partial charge in [-0.1, -0.05) is 6.07 Å². The highest BCUT2D eigenvalue weighted by molar-refractivity contribution is 5.93. The van der Waals surface area contributed by atoms with E-state index in [0.717, 1.165) is 24.3 Å². The van der Waals surface area contributed by atoms with Gasteiger partial charge in [0.05, 0.1) is 29.9 Å². The van der Waals surface area contributed by atoms with E-state index in [0.29, 0.717) is 12.1 Å². The Morgan fingerprint density at radius 3 is 1.65 bits per heavy atom. The number of halogens is 8. The van der Waals surface area contributed by atoms with E-state index in [9.17, 15) is 26.7 Å². The number of esters is 1. The van der Waals surface area contributed by atoms with Gasteiger partial charge in [0.25, 0.3) is 0 Å². The first-order valence-corrected chi connectivity index (χ1v) is 10.8. The van der Waals surface area contributed by atoms with Crippen LogP contribution >= 0.6 is 0 Å². The van der Waals surface area contributed by atoms with Crippen LogP contribution in [0.3, 0.4) is 0 Å². The maximum atomic E-state index is 15.3. The molecule has 0 aromatic heterocycles. The molecular formula is C25H16F8O4. The number of alkyl halides is 4. The van der Waals surface area contributed by atoms with Crippen LogP contribution in [0.5, 0.6) is 17.2 Å². The molecule has 0 N–H and O–H groups in total. The highest BCUT2D eigenvalue weighted by Gasteiger charge is 2.65. The van der Waals surface area contributed by atoms with Crippen LogP contribution in [-0.2, 0) is 11.8 Å². The number of carbonyl (C=O) groups excluding carboxylic acids is 1. The zero-order chi connectivity index (χ0) is 27.3. The molecule has 0 spiro atoms. The monoisotopic (exact) mass is 532 g/mol. The Balaban J connectivity index is 1.82. The molecular weight excluding hydrogens is 516 g/mol. The highest BCUT2D eigenvalue weighted by Crippen LogP contribution is 2.60. The van der Waals surface area contributed by atoms with E-state index >= 15 is 13.2 Å². The van der Waals surface area contributed by atoms with Crippen molar-refractivity contribution in [1.29, 1.82) is 0 Å². The summed E-state index contributed by atoms with van der Waals surface area (Å²) in [6.45, 7) is 2.75. The van der Waals surface area contributed by atoms with Crippen LogP contribution in [0.2, 0.25) is 0 Å². The summed E-state index contributed by atoms with van der Waals surface area (Å²) in [7, 11) is 0. The van der Waals surface area contributed by atoms with Gasteiger partial charge in [-0.3, -0.25) is 0 Å². The minimum atomic E-state index is -5.32. The van der Waals surface area contributed by atoms with E-state index in [1.54, 1.807) is 0 Å². The zero-order valence-corrected chi connectivity index (χ0v) is 19.0. The lowest BCUT2D eigenvalue weighted by Gasteiger charge is -2.35. The average molecular weight is 532 g/mol. The third kappa shape index (κ3) is 3.94. The van der Waals surface area contributed by atoms with Gasteiger partial charge in [0.15, 0.2) is 23.1 Å². The minimum Gasteiger partial charge on any atom is -0.491 e. The van der Waals surface area contributed by atoms with Crippen LogP contribution in [0.25, 0.3) is 11.1 Å². The van der Waals surface area contributed by atoms with Crippen molar-refractivity contribution in [3.05, 3.63) is 76.4 Å². The number of benzene rings is 3. The number of hydrogen-bond donors (Lipinski definition) is 0. The summed E-state index contributed by atoms with van der Waals surface area (Å²) in [4.78, 5) is 12.5. The Labute approximate surface area is 204 Å². The second kappa shape index (κ2) is 9.24. The van der Waals surface area contributed by atoms with Gasteiger partial charge < -0.3 is 14.2 Å². The molecule has 37 heavy (non-hydrogen) atoms. The van der Waals surface area contributed by atoms with Crippen molar-refractivity contribution in [1.82, 2.24) is 0 Å². The fraction of sp³-hybridized carbons (Fsp3) is 0.240. The lowest BCUT2D eigenvalue weighted by Crippen LogP contribution is -2.41. The molecule has 0 aliphatic heterocycles. The van der Waals surface area contributed by atoms with Gasteiger partial charge in [-0.2, -0.15) is 26.3 Å². The van der Waals surface area contributed by atoms with E-state index in [-0.39, 0.29) is 13.2 Å². The van der Waals surface area contributed by atoms with Gasteiger partial charge in [-0.05, 0) is 55.3 Å². The predicted octanol–water partition coefficient (Wildman–Crippen LogP) is 7.12. The first-order valence-electron chi connectivity index (χ1n) is 10.8. The lowest BCUT2D eigenvalue weighted by molar-refractivity contribution is -0.227. The second-order valence-corrected chi connectivity index (χ2v) is 7.74. The summed E-state index contributed by atoms with van der Waals surface area (Å²) in [6, 6.07) is 4.79. The quantitative estimate of drug-likeness (QED) is 0.193. The predicted molar refractivity (Wildman–Crippen MR) is 113 cm³/mol. The highest BCUT2D eigenvalue weighted by atomic mass is 19.3. The minimum absolute atomic E-state index is 0.0192. The SMILES string of the molecule is CCOc1ccc(OC(=O)c2ccc3c(c2F)C(F)(F)C(F)(F)c2c-3ccc(OCC)c2F)c(F)c1F. The number of carbonyl (C=O) groups is 1. The molecule has 1 aliphatic carbocycles. The molecule has 0 saturated heterocycles. The molecule has 3 aromatic rings. The van der Waals surface area contributed by atoms with Crippen molar-refractivity contribution >= 4 is 5.97 Å². The molecule has 196 valence electrons. The number of fused-ring (bicyclic) bond motifs is 3. The van der Waals surface area contributed by atoms with Gasteiger partial charge >= 0.3 is 17.8 Å². The van der Waals surface area contributed by atoms with Crippen molar-refractivity contribution in [3.8, 4) is 28.4 Å². The number of ether oxygens (including phenoxy) is 3. The summed E-state index contributed by atoms with van der Waals surface area (Å²) in [5.41, 5.74) is -6.40. The summed E-state index contributed by atoms with van der Waals surface area (Å²) in [5, 5.41) is 0. The third-order valence-electron chi connectivity index (χ3n) is 5.59. The lowest BCUT2D eigenvalue weighted by atomic mass is 9.79. The summed E-state index contributed by atoms with van der Waals surface area (Å²) in [6.07, 6.45) is 0. The maximum Gasteiger partial charge on any atom is 0.346 e. The van der Waals surface area contributed by atoms with E-state index in [1.807, 2.05) is 0 Å². The van der Waals surface area contributed by atoms with Crippen LogP contribution in [-0.4, -0.2) is 19.2 Å². The van der Waals surface area contributed by atoms with Crippen LogP contribution in [0.4, 0.5) is 35.1 Å². The van der Waals surface area contributed by atoms with Crippen molar-refractivity contribution < 1.29 is 54.1 Å². The van der Waals surface area contributed by atoms with Gasteiger partial charge in [0, 0.05) is 0 Å². The largest absolute Gasteiger partial charge is 0.491 e. The summed E-state index contributed by atoms with van der Waals surface area (Å²) < 4.78 is 133. The Morgan fingerprint density at radius 1 is 0.649 bits per heavy atom. The Kier molecular flexibility index (Phi) is 6.55. The van der Waals surface area contributed by atoms with Crippen molar-refractivity contribution in [3.63, 3.8) is 0 Å². The molecule has 0 saturated carbocycles. The van der Waals surface area contributed by atoms with Crippen LogP contribution in [0.15, 0.2) is 36.4 Å². The van der Waals surface area contributed by atoms with E-state index < -0.39 is 86.1 Å². The molecule has 4 rings (SSSR count). The van der Waals surface area contributed by atoms with Crippen LogP contribution in [0, 0.1) is 23.3 Å². The summed E-state index contributed by atoms with van der Waals surface area (Å²) in [5.74, 6) is -21.7. The van der Waals surface area contributed by atoms with E-state index in [4.69, 9.17) is 9.47 Å². The Hall–Kier alpha value is -3.83. The molecule has 0 radical (unpaired) electrons. The van der Waals surface area contributed by atoms with Gasteiger partial charge in [0.2, 0.25) is 11.6 Å². The molecule has 0 unspecified atom stereocenters. The molecule has 0 atom stereocenters. The normalized spacial score (nSPS) is 15.0. The Bertz CT molecular complexity index is 1400. The molecule has 0 amide bonds. The smallest absolute Gasteiger partial charge is 0.346 e. The summed E-state index contributed by atoms with van der Waals surface area (Å²) >= 11 is 0. The van der Waals surface area contributed by atoms with Crippen molar-refractivity contribution in [2.24, 2.45) is 0 Å². The standard InChI is InChI=1S/C25H16F8O4/c1-3-35-14-8-7-12-11-5-6-13(19(26)17(11)24(30,31)25(32,33)18(12)20(14)27)23(34)37-16-10-9-15(36-4-2)21(28)22(16)29/h5-10H,3-4H2,1-2H3. The molecule has 3 aromatic carbocycles. The van der Waals surface area contributed by atoms with Crippen LogP contribution in [0.1, 0.15) is 35.3 Å². The zero-order valence-electron chi connectivity index (χ0n) is 19.0. The molecule has 0 fully saturated rings. The molecule has 4 nitrogen and oxygen atoms in total. The van der Waals surface area contributed by atoms with Gasteiger partial charge in [-0.15, -0.1) is 0 Å². The van der Waals surface area contributed by atoms with E-state index in [2.05, 4.69) is 4.74 Å².